The van der Waals surface area contributed by atoms with Crippen LogP contribution < -0.4 is 14.8 Å². The molecule has 0 aliphatic heterocycles. The molecule has 0 unspecified atom stereocenters. The third kappa shape index (κ3) is 4.18. The van der Waals surface area contributed by atoms with Gasteiger partial charge >= 0.3 is 0 Å². The summed E-state index contributed by atoms with van der Waals surface area (Å²) in [4.78, 5) is 12.7. The average molecular weight is 353 g/mol. The number of benzene rings is 2. The largest absolute Gasteiger partial charge is 0.497 e. The monoisotopic (exact) mass is 353 g/mol. The lowest BCUT2D eigenvalue weighted by Crippen LogP contribution is -2.39. The molecule has 1 amide bonds. The number of amides is 1. The Morgan fingerprint density at radius 3 is 2.65 bits per heavy atom. The fourth-order valence-corrected chi connectivity index (χ4v) is 3.41. The van der Waals surface area contributed by atoms with E-state index in [4.69, 9.17) is 9.47 Å². The normalized spacial score (nSPS) is 15.0. The van der Waals surface area contributed by atoms with Crippen molar-refractivity contribution < 1.29 is 14.3 Å². The van der Waals surface area contributed by atoms with Crippen molar-refractivity contribution in [1.82, 2.24) is 5.32 Å². The summed E-state index contributed by atoms with van der Waals surface area (Å²) in [5, 5.41) is 3.09. The molecule has 2 aromatic carbocycles. The van der Waals surface area contributed by atoms with Crippen LogP contribution in [0.1, 0.15) is 49.4 Å². The van der Waals surface area contributed by atoms with Crippen molar-refractivity contribution in [2.45, 2.75) is 51.7 Å². The first kappa shape index (κ1) is 18.3. The lowest BCUT2D eigenvalue weighted by molar-refractivity contribution is -0.128. The van der Waals surface area contributed by atoms with Crippen molar-refractivity contribution in [2.75, 3.05) is 7.11 Å². The summed E-state index contributed by atoms with van der Waals surface area (Å²) in [6, 6.07) is 13.8. The van der Waals surface area contributed by atoms with Gasteiger partial charge in [-0.2, -0.15) is 0 Å². The van der Waals surface area contributed by atoms with Crippen molar-refractivity contribution in [3.63, 3.8) is 0 Å². The van der Waals surface area contributed by atoms with Crippen molar-refractivity contribution in [1.29, 1.82) is 0 Å². The summed E-state index contributed by atoms with van der Waals surface area (Å²) in [7, 11) is 1.61. The number of carbonyl (C=O) groups is 1. The van der Waals surface area contributed by atoms with E-state index < -0.39 is 6.10 Å². The van der Waals surface area contributed by atoms with Gasteiger partial charge in [0.15, 0.2) is 6.10 Å². The molecule has 2 atom stereocenters. The molecule has 3 rings (SSSR count). The maximum atomic E-state index is 12.7. The van der Waals surface area contributed by atoms with E-state index in [2.05, 4.69) is 23.5 Å². The summed E-state index contributed by atoms with van der Waals surface area (Å²) in [5.41, 5.74) is 4.01. The molecule has 0 saturated carbocycles. The minimum Gasteiger partial charge on any atom is -0.497 e. The third-order valence-corrected chi connectivity index (χ3v) is 4.96. The first-order valence-electron chi connectivity index (χ1n) is 9.33. The first-order chi connectivity index (χ1) is 12.6. The van der Waals surface area contributed by atoms with Gasteiger partial charge in [0.2, 0.25) is 0 Å². The number of methoxy groups -OCH3 is 1. The molecule has 4 heteroatoms. The predicted octanol–water partition coefficient (Wildman–Crippen LogP) is 4.22. The van der Waals surface area contributed by atoms with Crippen LogP contribution in [-0.2, 0) is 17.6 Å². The molecule has 1 aliphatic carbocycles. The Hall–Kier alpha value is -2.49. The molecule has 0 bridgehead atoms. The fraction of sp³-hybridized carbons (Fsp3) is 0.409. The quantitative estimate of drug-likeness (QED) is 0.811. The molecule has 2 aromatic rings. The maximum Gasteiger partial charge on any atom is 0.261 e. The lowest BCUT2D eigenvalue weighted by atomic mass is 10.0. The Morgan fingerprint density at radius 2 is 1.88 bits per heavy atom. The van der Waals surface area contributed by atoms with Gasteiger partial charge in [-0.15, -0.1) is 0 Å². The van der Waals surface area contributed by atoms with E-state index in [9.17, 15) is 4.79 Å². The van der Waals surface area contributed by atoms with Crippen molar-refractivity contribution in [3.8, 4) is 11.5 Å². The van der Waals surface area contributed by atoms with Gasteiger partial charge in [0.1, 0.15) is 11.5 Å². The molecule has 0 radical (unpaired) electrons. The fourth-order valence-electron chi connectivity index (χ4n) is 3.41. The zero-order valence-corrected chi connectivity index (χ0v) is 15.7. The molecule has 0 heterocycles. The second-order valence-corrected chi connectivity index (χ2v) is 6.81. The minimum atomic E-state index is -0.529. The molecule has 4 nitrogen and oxygen atoms in total. The van der Waals surface area contributed by atoms with Gasteiger partial charge in [-0.25, -0.2) is 0 Å². The Morgan fingerprint density at radius 1 is 1.12 bits per heavy atom. The van der Waals surface area contributed by atoms with Gasteiger partial charge in [-0.05, 0) is 61.4 Å². The number of hydrogen-bond donors (Lipinski definition) is 1. The smallest absolute Gasteiger partial charge is 0.261 e. The standard InChI is InChI=1S/C22H27NO3/c1-4-21(26-20-10-6-9-19(14-20)25-3)22(24)23-15(2)17-12-11-16-7-5-8-18(16)13-17/h6,9-15,21H,4-5,7-8H2,1-3H3,(H,23,24)/t15-,21-/m0/s1. The average Bonchev–Trinajstić information content (AvgIpc) is 3.13. The number of nitrogens with one attached hydrogen (secondary N) is 1. The molecule has 26 heavy (non-hydrogen) atoms. The van der Waals surface area contributed by atoms with E-state index in [1.807, 2.05) is 32.0 Å². The molecular weight excluding hydrogens is 326 g/mol. The highest BCUT2D eigenvalue weighted by Crippen LogP contribution is 2.26. The number of fused-ring (bicyclic) bond motifs is 1. The highest BCUT2D eigenvalue weighted by Gasteiger charge is 2.21. The van der Waals surface area contributed by atoms with E-state index in [0.29, 0.717) is 17.9 Å². The summed E-state index contributed by atoms with van der Waals surface area (Å²) in [5.74, 6) is 1.25. The second kappa shape index (κ2) is 8.26. The topological polar surface area (TPSA) is 47.6 Å². The molecule has 138 valence electrons. The van der Waals surface area contributed by atoms with E-state index in [0.717, 1.165) is 12.0 Å². The number of rotatable bonds is 7. The Labute approximate surface area is 155 Å². The summed E-state index contributed by atoms with van der Waals surface area (Å²) in [6.45, 7) is 3.97. The Kier molecular flexibility index (Phi) is 5.82. The van der Waals surface area contributed by atoms with E-state index >= 15 is 0 Å². The summed E-state index contributed by atoms with van der Waals surface area (Å²) >= 11 is 0. The van der Waals surface area contributed by atoms with Crippen LogP contribution in [0.2, 0.25) is 0 Å². The summed E-state index contributed by atoms with van der Waals surface area (Å²) < 4.78 is 11.1. The van der Waals surface area contributed by atoms with Crippen molar-refractivity contribution in [2.24, 2.45) is 0 Å². The van der Waals surface area contributed by atoms with Crippen LogP contribution in [0.3, 0.4) is 0 Å². The molecule has 0 fully saturated rings. The molecule has 1 aliphatic rings. The van der Waals surface area contributed by atoms with Crippen LogP contribution in [0.5, 0.6) is 11.5 Å². The minimum absolute atomic E-state index is 0.0450. The van der Waals surface area contributed by atoms with Crippen LogP contribution in [0.4, 0.5) is 0 Å². The number of hydrogen-bond acceptors (Lipinski definition) is 3. The number of aryl methyl sites for hydroxylation is 2. The van der Waals surface area contributed by atoms with Crippen LogP contribution in [0.15, 0.2) is 42.5 Å². The van der Waals surface area contributed by atoms with Gasteiger partial charge in [-0.1, -0.05) is 31.2 Å². The molecule has 0 spiro atoms. The molecule has 0 saturated heterocycles. The highest BCUT2D eigenvalue weighted by atomic mass is 16.5. The van der Waals surface area contributed by atoms with Gasteiger partial charge in [0.05, 0.1) is 13.2 Å². The van der Waals surface area contributed by atoms with Gasteiger partial charge in [0, 0.05) is 6.07 Å². The van der Waals surface area contributed by atoms with Crippen LogP contribution in [0, 0.1) is 0 Å². The SMILES string of the molecule is CC[C@H](Oc1cccc(OC)c1)C(=O)N[C@@H](C)c1ccc2c(c1)CCC2. The number of ether oxygens (including phenoxy) is 2. The lowest BCUT2D eigenvalue weighted by Gasteiger charge is -2.21. The van der Waals surface area contributed by atoms with E-state index in [-0.39, 0.29) is 11.9 Å². The van der Waals surface area contributed by atoms with Gasteiger partial charge in [0.25, 0.3) is 5.91 Å². The Balaban J connectivity index is 1.64. The zero-order valence-electron chi connectivity index (χ0n) is 15.7. The van der Waals surface area contributed by atoms with Crippen LogP contribution in [0.25, 0.3) is 0 Å². The Bertz CT molecular complexity index is 772. The van der Waals surface area contributed by atoms with Gasteiger partial charge < -0.3 is 14.8 Å². The third-order valence-electron chi connectivity index (χ3n) is 4.96. The first-order valence-corrected chi connectivity index (χ1v) is 9.33. The zero-order chi connectivity index (χ0) is 18.5. The van der Waals surface area contributed by atoms with Crippen LogP contribution in [-0.4, -0.2) is 19.1 Å². The van der Waals surface area contributed by atoms with Crippen LogP contribution >= 0.6 is 0 Å². The van der Waals surface area contributed by atoms with Crippen molar-refractivity contribution in [3.05, 3.63) is 59.2 Å². The van der Waals surface area contributed by atoms with E-state index in [1.165, 1.54) is 24.0 Å². The highest BCUT2D eigenvalue weighted by molar-refractivity contribution is 5.81. The second-order valence-electron chi connectivity index (χ2n) is 6.81. The van der Waals surface area contributed by atoms with Gasteiger partial charge in [-0.3, -0.25) is 4.79 Å². The number of carbonyl (C=O) groups excluding carboxylic acids is 1. The van der Waals surface area contributed by atoms with E-state index in [1.54, 1.807) is 13.2 Å². The summed E-state index contributed by atoms with van der Waals surface area (Å²) in [6.07, 6.45) is 3.60. The van der Waals surface area contributed by atoms with Crippen molar-refractivity contribution >= 4 is 5.91 Å². The molecular formula is C22H27NO3. The molecule has 1 N–H and O–H groups in total. The predicted molar refractivity (Wildman–Crippen MR) is 103 cm³/mol. The maximum absolute atomic E-state index is 12.7. The molecule has 0 aromatic heterocycles.